The summed E-state index contributed by atoms with van der Waals surface area (Å²) in [5.74, 6) is 1.68. The molecule has 2 saturated heterocycles. The summed E-state index contributed by atoms with van der Waals surface area (Å²) in [5, 5.41) is 10.4. The average Bonchev–Trinajstić information content (AvgIpc) is 2.79. The molecule has 1 aromatic heterocycles. The van der Waals surface area contributed by atoms with Gasteiger partial charge in [-0.15, -0.1) is 18.3 Å². The van der Waals surface area contributed by atoms with Gasteiger partial charge < -0.3 is 5.11 Å². The summed E-state index contributed by atoms with van der Waals surface area (Å²) in [5.41, 5.74) is 1.03. The van der Waals surface area contributed by atoms with Crippen LogP contribution in [-0.4, -0.2) is 38.8 Å². The van der Waals surface area contributed by atoms with E-state index in [0.29, 0.717) is 6.04 Å². The summed E-state index contributed by atoms with van der Waals surface area (Å²) >= 11 is 1.60. The average molecular weight is 277 g/mol. The standard InChI is InChI=1S/C14H19N3OS/c1-2-7-19-14-13(15-8-12(18)16-14)11-4-3-10-5-6-17(11)9-10/h2,8,10-11H,1,3-7,9H2,(H,16,18). The highest BCUT2D eigenvalue weighted by molar-refractivity contribution is 7.99. The molecule has 2 aliphatic rings. The summed E-state index contributed by atoms with van der Waals surface area (Å²) in [4.78, 5) is 11.2. The van der Waals surface area contributed by atoms with E-state index in [-0.39, 0.29) is 5.88 Å². The zero-order valence-electron chi connectivity index (χ0n) is 11.0. The first-order valence-electron chi connectivity index (χ1n) is 6.81. The molecule has 3 rings (SSSR count). The van der Waals surface area contributed by atoms with Gasteiger partial charge >= 0.3 is 0 Å². The van der Waals surface area contributed by atoms with Crippen molar-refractivity contribution in [2.75, 3.05) is 18.8 Å². The summed E-state index contributed by atoms with van der Waals surface area (Å²) < 4.78 is 0. The van der Waals surface area contributed by atoms with Gasteiger partial charge in [0.15, 0.2) is 0 Å². The Hall–Kier alpha value is -1.07. The molecule has 0 aliphatic carbocycles. The fourth-order valence-corrected chi connectivity index (χ4v) is 3.88. The van der Waals surface area contributed by atoms with Crippen molar-refractivity contribution in [3.05, 3.63) is 24.5 Å². The van der Waals surface area contributed by atoms with E-state index in [4.69, 9.17) is 0 Å². The SMILES string of the molecule is C=CCSc1nc(O)cnc1C1CCC2CCN1C2. The largest absolute Gasteiger partial charge is 0.492 e. The molecule has 1 aromatic rings. The van der Waals surface area contributed by atoms with E-state index in [9.17, 15) is 5.11 Å². The van der Waals surface area contributed by atoms with Gasteiger partial charge in [-0.05, 0) is 31.7 Å². The van der Waals surface area contributed by atoms with Crippen LogP contribution in [0.15, 0.2) is 23.9 Å². The summed E-state index contributed by atoms with van der Waals surface area (Å²) in [6.45, 7) is 6.10. The molecule has 2 aliphatic heterocycles. The van der Waals surface area contributed by atoms with Crippen LogP contribution in [0.2, 0.25) is 0 Å². The number of aromatic nitrogens is 2. The number of fused-ring (bicyclic) bond motifs is 2. The van der Waals surface area contributed by atoms with E-state index in [0.717, 1.165) is 28.8 Å². The van der Waals surface area contributed by atoms with Crippen molar-refractivity contribution in [1.82, 2.24) is 14.9 Å². The topological polar surface area (TPSA) is 49.3 Å². The van der Waals surface area contributed by atoms with Crippen LogP contribution in [0.5, 0.6) is 5.88 Å². The number of nitrogens with zero attached hydrogens (tertiary/aromatic N) is 3. The molecule has 5 heteroatoms. The summed E-state index contributed by atoms with van der Waals surface area (Å²) in [6, 6.07) is 0.374. The van der Waals surface area contributed by atoms with E-state index >= 15 is 0 Å². The van der Waals surface area contributed by atoms with Gasteiger partial charge in [-0.2, -0.15) is 0 Å². The molecule has 0 amide bonds. The zero-order valence-corrected chi connectivity index (χ0v) is 11.8. The van der Waals surface area contributed by atoms with Crippen molar-refractivity contribution in [1.29, 1.82) is 0 Å². The third kappa shape index (κ3) is 2.62. The first kappa shape index (κ1) is 12.9. The minimum Gasteiger partial charge on any atom is -0.492 e. The Balaban J connectivity index is 1.88. The molecule has 102 valence electrons. The molecule has 0 saturated carbocycles. The van der Waals surface area contributed by atoms with Gasteiger partial charge in [0, 0.05) is 12.3 Å². The predicted octanol–water partition coefficient (Wildman–Crippen LogP) is 2.62. The summed E-state index contributed by atoms with van der Waals surface area (Å²) in [6.07, 6.45) is 7.08. The van der Waals surface area contributed by atoms with Gasteiger partial charge in [-0.25, -0.2) is 4.98 Å². The minimum atomic E-state index is 0.00502. The maximum absolute atomic E-state index is 9.54. The first-order chi connectivity index (χ1) is 9.28. The first-order valence-corrected chi connectivity index (χ1v) is 7.80. The van der Waals surface area contributed by atoms with Crippen LogP contribution in [-0.2, 0) is 0 Å². The normalized spacial score (nSPS) is 29.4. The molecule has 3 unspecified atom stereocenters. The Morgan fingerprint density at radius 3 is 3.21 bits per heavy atom. The monoisotopic (exact) mass is 277 g/mol. The second-order valence-electron chi connectivity index (χ2n) is 5.26. The Morgan fingerprint density at radius 1 is 1.47 bits per heavy atom. The lowest BCUT2D eigenvalue weighted by Crippen LogP contribution is -2.31. The fourth-order valence-electron chi connectivity index (χ4n) is 3.11. The molecule has 3 heterocycles. The van der Waals surface area contributed by atoms with E-state index in [1.165, 1.54) is 32.1 Å². The van der Waals surface area contributed by atoms with Crippen molar-refractivity contribution < 1.29 is 5.11 Å². The third-order valence-corrected chi connectivity index (χ3v) is 4.99. The molecule has 4 nitrogen and oxygen atoms in total. The maximum atomic E-state index is 9.54. The van der Waals surface area contributed by atoms with Crippen LogP contribution in [0, 0.1) is 5.92 Å². The lowest BCUT2D eigenvalue weighted by atomic mass is 9.95. The highest BCUT2D eigenvalue weighted by atomic mass is 32.2. The molecular weight excluding hydrogens is 258 g/mol. The van der Waals surface area contributed by atoms with Crippen LogP contribution in [0.25, 0.3) is 0 Å². The van der Waals surface area contributed by atoms with Gasteiger partial charge in [-0.3, -0.25) is 9.88 Å². The highest BCUT2D eigenvalue weighted by Gasteiger charge is 2.36. The van der Waals surface area contributed by atoms with Crippen molar-refractivity contribution in [2.24, 2.45) is 5.92 Å². The third-order valence-electron chi connectivity index (χ3n) is 4.01. The molecule has 0 aromatic carbocycles. The van der Waals surface area contributed by atoms with Crippen molar-refractivity contribution >= 4 is 11.8 Å². The molecular formula is C14H19N3OS. The molecule has 3 atom stereocenters. The smallest absolute Gasteiger partial charge is 0.230 e. The highest BCUT2D eigenvalue weighted by Crippen LogP contribution is 2.41. The molecule has 1 N–H and O–H groups in total. The van der Waals surface area contributed by atoms with E-state index in [2.05, 4.69) is 21.4 Å². The molecule has 19 heavy (non-hydrogen) atoms. The number of piperidine rings is 1. The second kappa shape index (κ2) is 5.51. The van der Waals surface area contributed by atoms with Crippen LogP contribution in [0.4, 0.5) is 0 Å². The van der Waals surface area contributed by atoms with E-state index in [1.807, 2.05) is 6.08 Å². The van der Waals surface area contributed by atoms with Crippen LogP contribution >= 0.6 is 11.8 Å². The Morgan fingerprint density at radius 2 is 2.37 bits per heavy atom. The number of rotatable bonds is 4. The number of aromatic hydroxyl groups is 1. The minimum absolute atomic E-state index is 0.00502. The number of hydrogen-bond donors (Lipinski definition) is 1. The maximum Gasteiger partial charge on any atom is 0.230 e. The van der Waals surface area contributed by atoms with Gasteiger partial charge in [0.25, 0.3) is 0 Å². The van der Waals surface area contributed by atoms with Gasteiger partial charge in [0.05, 0.1) is 17.9 Å². The fraction of sp³-hybridized carbons (Fsp3) is 0.571. The quantitative estimate of drug-likeness (QED) is 0.677. The van der Waals surface area contributed by atoms with Crippen molar-refractivity contribution in [3.63, 3.8) is 0 Å². The Labute approximate surface area is 117 Å². The van der Waals surface area contributed by atoms with Crippen molar-refractivity contribution in [3.8, 4) is 5.88 Å². The van der Waals surface area contributed by atoms with E-state index < -0.39 is 0 Å². The zero-order chi connectivity index (χ0) is 13.2. The van der Waals surface area contributed by atoms with Crippen LogP contribution < -0.4 is 0 Å². The van der Waals surface area contributed by atoms with Gasteiger partial charge in [0.2, 0.25) is 5.88 Å². The lowest BCUT2D eigenvalue weighted by molar-refractivity contribution is 0.175. The lowest BCUT2D eigenvalue weighted by Gasteiger charge is -2.32. The Bertz CT molecular complexity index is 480. The predicted molar refractivity (Wildman–Crippen MR) is 76.3 cm³/mol. The van der Waals surface area contributed by atoms with Gasteiger partial charge in [0.1, 0.15) is 5.03 Å². The second-order valence-corrected chi connectivity index (χ2v) is 6.27. The van der Waals surface area contributed by atoms with E-state index in [1.54, 1.807) is 11.8 Å². The molecule has 0 radical (unpaired) electrons. The van der Waals surface area contributed by atoms with Gasteiger partial charge in [-0.1, -0.05) is 6.08 Å². The van der Waals surface area contributed by atoms with Crippen LogP contribution in [0.1, 0.15) is 31.0 Å². The molecule has 2 bridgehead atoms. The van der Waals surface area contributed by atoms with Crippen LogP contribution in [0.3, 0.4) is 0 Å². The number of thioether (sulfide) groups is 1. The molecule has 0 spiro atoms. The number of hydrogen-bond acceptors (Lipinski definition) is 5. The Kier molecular flexibility index (Phi) is 3.75. The molecule has 2 fully saturated rings. The van der Waals surface area contributed by atoms with Crippen molar-refractivity contribution in [2.45, 2.75) is 30.3 Å². The summed E-state index contributed by atoms with van der Waals surface area (Å²) in [7, 11) is 0.